The summed E-state index contributed by atoms with van der Waals surface area (Å²) >= 11 is 0. The highest BCUT2D eigenvalue weighted by molar-refractivity contribution is 5.89. The van der Waals surface area contributed by atoms with Gasteiger partial charge in [-0.25, -0.2) is 19.2 Å². The van der Waals surface area contributed by atoms with Crippen LogP contribution >= 0.6 is 0 Å². The van der Waals surface area contributed by atoms with E-state index >= 15 is 0 Å². The summed E-state index contributed by atoms with van der Waals surface area (Å²) in [6.07, 6.45) is 1.64. The zero-order valence-electron chi connectivity index (χ0n) is 17.3. The number of para-hydroxylation sites is 2. The van der Waals surface area contributed by atoms with Crippen molar-refractivity contribution in [2.45, 2.75) is 33.0 Å². The number of benzene rings is 2. The predicted molar refractivity (Wildman–Crippen MR) is 113 cm³/mol. The van der Waals surface area contributed by atoms with Crippen LogP contribution in [0.1, 0.15) is 32.3 Å². The Bertz CT molecular complexity index is 885. The number of aliphatic hydroxyl groups is 1. The van der Waals surface area contributed by atoms with Gasteiger partial charge in [-0.2, -0.15) is 0 Å². The smallest absolute Gasteiger partial charge is 0.429 e. The summed E-state index contributed by atoms with van der Waals surface area (Å²) in [5.74, 6) is 0.129. The van der Waals surface area contributed by atoms with Gasteiger partial charge in [0.05, 0.1) is 6.61 Å². The largest absolute Gasteiger partial charge is 0.463 e. The molecule has 2 aromatic rings. The molecule has 7 heteroatoms. The summed E-state index contributed by atoms with van der Waals surface area (Å²) in [5.41, 5.74) is 2.57. The summed E-state index contributed by atoms with van der Waals surface area (Å²) in [6.45, 7) is 4.83. The third kappa shape index (κ3) is 5.17. The Morgan fingerprint density at radius 1 is 1.20 bits per heavy atom. The first kappa shape index (κ1) is 21.8. The fraction of sp³-hybridized carbons (Fsp3) is 0.348. The maximum Gasteiger partial charge on any atom is 0.429 e. The summed E-state index contributed by atoms with van der Waals surface area (Å²) in [5, 5.41) is 13.3. The number of nitrogens with zero attached hydrogens (tertiary/aromatic N) is 2. The Morgan fingerprint density at radius 2 is 1.93 bits per heavy atom. The van der Waals surface area contributed by atoms with Gasteiger partial charge in [0.15, 0.2) is 6.29 Å². The lowest BCUT2D eigenvalue weighted by Gasteiger charge is -2.36. The molecule has 1 N–H and O–H groups in total. The summed E-state index contributed by atoms with van der Waals surface area (Å²) in [7, 11) is 0. The van der Waals surface area contributed by atoms with Crippen molar-refractivity contribution in [3.8, 4) is 5.75 Å². The van der Waals surface area contributed by atoms with Crippen LogP contribution in [-0.4, -0.2) is 42.2 Å². The molecule has 1 unspecified atom stereocenters. The van der Waals surface area contributed by atoms with Gasteiger partial charge in [0.25, 0.3) is 0 Å². The number of ether oxygens (including phenoxy) is 2. The van der Waals surface area contributed by atoms with Crippen LogP contribution in [0.3, 0.4) is 0 Å². The van der Waals surface area contributed by atoms with Gasteiger partial charge in [-0.1, -0.05) is 37.3 Å². The molecule has 1 atom stereocenters. The van der Waals surface area contributed by atoms with Gasteiger partial charge in [0.2, 0.25) is 0 Å². The van der Waals surface area contributed by atoms with Gasteiger partial charge in [-0.05, 0) is 48.7 Å². The fourth-order valence-corrected chi connectivity index (χ4v) is 3.28. The van der Waals surface area contributed by atoms with E-state index in [0.29, 0.717) is 37.4 Å². The number of aliphatic hydroxyl groups excluding tert-OH is 1. The Morgan fingerprint density at radius 3 is 2.57 bits per heavy atom. The average Bonchev–Trinajstić information content (AvgIpc) is 2.76. The average molecular weight is 414 g/mol. The number of halogens is 1. The van der Waals surface area contributed by atoms with E-state index in [1.54, 1.807) is 43.3 Å². The zero-order valence-corrected chi connectivity index (χ0v) is 17.3. The van der Waals surface area contributed by atoms with E-state index < -0.39 is 12.4 Å². The number of hydrazine groups is 1. The first-order valence-corrected chi connectivity index (χ1v) is 10.1. The third-order valence-electron chi connectivity index (χ3n) is 4.83. The molecule has 30 heavy (non-hydrogen) atoms. The van der Waals surface area contributed by atoms with E-state index in [1.165, 1.54) is 17.1 Å². The van der Waals surface area contributed by atoms with Crippen LogP contribution in [0.15, 0.2) is 54.6 Å². The van der Waals surface area contributed by atoms with E-state index in [2.05, 4.69) is 0 Å². The molecule has 160 valence electrons. The van der Waals surface area contributed by atoms with Crippen LogP contribution in [0.4, 0.5) is 14.9 Å². The fourth-order valence-electron chi connectivity index (χ4n) is 3.28. The van der Waals surface area contributed by atoms with Crippen LogP contribution in [0.2, 0.25) is 0 Å². The van der Waals surface area contributed by atoms with Crippen LogP contribution in [-0.2, 0) is 4.74 Å². The highest BCUT2D eigenvalue weighted by Gasteiger charge is 2.29. The lowest BCUT2D eigenvalue weighted by atomic mass is 10.00. The van der Waals surface area contributed by atoms with Gasteiger partial charge in [0.1, 0.15) is 17.3 Å². The van der Waals surface area contributed by atoms with E-state index in [4.69, 9.17) is 9.47 Å². The van der Waals surface area contributed by atoms with E-state index in [-0.39, 0.29) is 12.4 Å². The van der Waals surface area contributed by atoms with Crippen molar-refractivity contribution >= 4 is 17.4 Å². The molecule has 0 fully saturated rings. The Balaban J connectivity index is 1.87. The number of hydrogen-bond donors (Lipinski definition) is 1. The van der Waals surface area contributed by atoms with Crippen LogP contribution in [0.5, 0.6) is 5.75 Å². The van der Waals surface area contributed by atoms with Gasteiger partial charge in [-0.3, -0.25) is 0 Å². The molecule has 1 aliphatic rings. The molecule has 0 spiro atoms. The van der Waals surface area contributed by atoms with Gasteiger partial charge < -0.3 is 14.6 Å². The minimum absolute atomic E-state index is 0.237. The molecule has 6 nitrogen and oxygen atoms in total. The van der Waals surface area contributed by atoms with Crippen molar-refractivity contribution in [2.75, 3.05) is 24.7 Å². The van der Waals surface area contributed by atoms with Crippen molar-refractivity contribution in [3.63, 3.8) is 0 Å². The molecule has 0 bridgehead atoms. The van der Waals surface area contributed by atoms with Crippen LogP contribution in [0.25, 0.3) is 5.57 Å². The van der Waals surface area contributed by atoms with Gasteiger partial charge in [-0.15, -0.1) is 0 Å². The standard InChI is InChI=1S/C23H27FN2O4/c1-3-22(27)30-21-8-6-5-7-20(21)26(23(28)29-4-2)25-15-13-18(14-16-25)17-9-11-19(24)12-10-17/h5-13,22,27H,3-4,14-16H2,1-2H3. The molecule has 1 amide bonds. The van der Waals surface area contributed by atoms with E-state index in [9.17, 15) is 14.3 Å². The number of rotatable bonds is 7. The molecule has 3 rings (SSSR count). The normalized spacial score (nSPS) is 15.3. The maximum atomic E-state index is 13.2. The quantitative estimate of drug-likeness (QED) is 0.671. The third-order valence-corrected chi connectivity index (χ3v) is 4.83. The van der Waals surface area contributed by atoms with Crippen molar-refractivity contribution in [2.24, 2.45) is 0 Å². The number of anilines is 1. The Labute approximate surface area is 176 Å². The second kappa shape index (κ2) is 10.2. The topological polar surface area (TPSA) is 62.2 Å². The van der Waals surface area contributed by atoms with E-state index in [1.807, 2.05) is 18.0 Å². The lowest BCUT2D eigenvalue weighted by molar-refractivity contribution is -0.0191. The second-order valence-corrected chi connectivity index (χ2v) is 6.86. The molecule has 0 saturated heterocycles. The minimum Gasteiger partial charge on any atom is -0.463 e. The summed E-state index contributed by atoms with van der Waals surface area (Å²) in [6, 6.07) is 13.5. The Hall–Kier alpha value is -2.90. The molecule has 2 aromatic carbocycles. The zero-order chi connectivity index (χ0) is 21.5. The molecule has 0 saturated carbocycles. The molecular formula is C23H27FN2O4. The SMILES string of the molecule is CCOC(=O)N(c1ccccc1OC(O)CC)N1CC=C(c2ccc(F)cc2)CC1. The first-order chi connectivity index (χ1) is 14.5. The molecule has 0 aromatic heterocycles. The first-order valence-electron chi connectivity index (χ1n) is 10.1. The van der Waals surface area contributed by atoms with Crippen molar-refractivity contribution in [1.82, 2.24) is 5.01 Å². The Kier molecular flexibility index (Phi) is 7.43. The monoisotopic (exact) mass is 414 g/mol. The van der Waals surface area contributed by atoms with Crippen molar-refractivity contribution < 1.29 is 23.8 Å². The van der Waals surface area contributed by atoms with Crippen molar-refractivity contribution in [1.29, 1.82) is 0 Å². The number of hydrogen-bond acceptors (Lipinski definition) is 5. The minimum atomic E-state index is -0.971. The van der Waals surface area contributed by atoms with Crippen LogP contribution < -0.4 is 9.75 Å². The molecule has 1 aliphatic heterocycles. The van der Waals surface area contributed by atoms with Crippen LogP contribution in [0, 0.1) is 5.82 Å². The predicted octanol–water partition coefficient (Wildman–Crippen LogP) is 4.60. The van der Waals surface area contributed by atoms with Crippen molar-refractivity contribution in [3.05, 3.63) is 66.0 Å². The highest BCUT2D eigenvalue weighted by Crippen LogP contribution is 2.33. The maximum absolute atomic E-state index is 13.2. The second-order valence-electron chi connectivity index (χ2n) is 6.86. The molecule has 0 aliphatic carbocycles. The number of carbonyl (C=O) groups is 1. The lowest BCUT2D eigenvalue weighted by Crippen LogP contribution is -2.49. The molecule has 1 heterocycles. The highest BCUT2D eigenvalue weighted by atomic mass is 19.1. The molecular weight excluding hydrogens is 387 g/mol. The van der Waals surface area contributed by atoms with Gasteiger partial charge in [0, 0.05) is 19.5 Å². The van der Waals surface area contributed by atoms with E-state index in [0.717, 1.165) is 11.1 Å². The summed E-state index contributed by atoms with van der Waals surface area (Å²) < 4.78 is 24.1. The van der Waals surface area contributed by atoms with Gasteiger partial charge >= 0.3 is 6.09 Å². The molecule has 0 radical (unpaired) electrons. The summed E-state index contributed by atoms with van der Waals surface area (Å²) in [4.78, 5) is 12.8. The number of carbonyl (C=O) groups excluding carboxylic acids is 1. The number of amides is 1.